The molecule has 0 amide bonds. The number of carbonyl (C=O) groups excluding carboxylic acids is 1. The van der Waals surface area contributed by atoms with Crippen LogP contribution in [0, 0.1) is 11.8 Å². The van der Waals surface area contributed by atoms with Crippen LogP contribution in [0.3, 0.4) is 0 Å². The van der Waals surface area contributed by atoms with Gasteiger partial charge in [-0.3, -0.25) is 9.48 Å². The second-order valence-electron chi connectivity index (χ2n) is 6.81. The standard InChI is InChI=1S/C17H26N2O2/c1-12-3-4-17(20)13(2)5-7-19-16(12)10-15(18-19)9-14-6-8-21-11-14/h10,12-14H,3-9,11H2,1-2H3. The summed E-state index contributed by atoms with van der Waals surface area (Å²) in [5.74, 6) is 1.63. The van der Waals surface area contributed by atoms with E-state index in [1.807, 2.05) is 0 Å². The number of ketones is 1. The Kier molecular flexibility index (Phi) is 4.43. The Balaban J connectivity index is 1.77. The lowest BCUT2D eigenvalue weighted by Crippen LogP contribution is -2.13. The largest absolute Gasteiger partial charge is 0.381 e. The van der Waals surface area contributed by atoms with Crippen molar-refractivity contribution in [2.45, 2.75) is 58.4 Å². The Hall–Kier alpha value is -1.16. The van der Waals surface area contributed by atoms with E-state index in [0.717, 1.165) is 45.4 Å². The average Bonchev–Trinajstić information content (AvgIpc) is 3.11. The number of fused-ring (bicyclic) bond motifs is 1. The average molecular weight is 290 g/mol. The van der Waals surface area contributed by atoms with Crippen LogP contribution in [0.25, 0.3) is 0 Å². The van der Waals surface area contributed by atoms with Gasteiger partial charge in [-0.15, -0.1) is 0 Å². The smallest absolute Gasteiger partial charge is 0.135 e. The fraction of sp³-hybridized carbons (Fsp3) is 0.765. The van der Waals surface area contributed by atoms with E-state index in [1.165, 1.54) is 11.4 Å². The third kappa shape index (κ3) is 3.37. The first kappa shape index (κ1) is 14.8. The highest BCUT2D eigenvalue weighted by Gasteiger charge is 2.23. The fourth-order valence-electron chi connectivity index (χ4n) is 3.43. The summed E-state index contributed by atoms with van der Waals surface area (Å²) in [5.41, 5.74) is 2.51. The fourth-order valence-corrected chi connectivity index (χ4v) is 3.43. The summed E-state index contributed by atoms with van der Waals surface area (Å²) in [6.07, 6.45) is 4.75. The lowest BCUT2D eigenvalue weighted by molar-refractivity contribution is -0.122. The molecule has 3 unspecified atom stereocenters. The molecule has 3 heterocycles. The maximum atomic E-state index is 12.0. The van der Waals surface area contributed by atoms with Gasteiger partial charge in [-0.25, -0.2) is 0 Å². The molecular weight excluding hydrogens is 264 g/mol. The molecule has 0 spiro atoms. The maximum absolute atomic E-state index is 12.0. The van der Waals surface area contributed by atoms with Crippen molar-refractivity contribution >= 4 is 5.78 Å². The summed E-state index contributed by atoms with van der Waals surface area (Å²) < 4.78 is 7.62. The SMILES string of the molecule is CC1CCn2nc(CC3CCOC3)cc2C(C)CCC1=O. The third-order valence-electron chi connectivity index (χ3n) is 5.04. The zero-order valence-electron chi connectivity index (χ0n) is 13.2. The molecule has 0 bridgehead atoms. The van der Waals surface area contributed by atoms with E-state index in [2.05, 4.69) is 24.6 Å². The number of ether oxygens (including phenoxy) is 1. The molecule has 0 aliphatic carbocycles. The normalized spacial score (nSPS) is 30.6. The molecule has 2 aliphatic heterocycles. The van der Waals surface area contributed by atoms with Crippen LogP contribution in [-0.2, 0) is 22.5 Å². The monoisotopic (exact) mass is 290 g/mol. The van der Waals surface area contributed by atoms with Gasteiger partial charge in [0.1, 0.15) is 5.78 Å². The number of rotatable bonds is 2. The van der Waals surface area contributed by atoms with Crippen molar-refractivity contribution in [1.29, 1.82) is 0 Å². The molecular formula is C17H26N2O2. The molecule has 1 fully saturated rings. The quantitative estimate of drug-likeness (QED) is 0.841. The van der Waals surface area contributed by atoms with Crippen LogP contribution >= 0.6 is 0 Å². The molecule has 0 saturated carbocycles. The number of carbonyl (C=O) groups is 1. The van der Waals surface area contributed by atoms with Crippen molar-refractivity contribution in [3.63, 3.8) is 0 Å². The van der Waals surface area contributed by atoms with Crippen LogP contribution in [0.5, 0.6) is 0 Å². The van der Waals surface area contributed by atoms with Crippen molar-refractivity contribution in [3.8, 4) is 0 Å². The Labute approximate surface area is 126 Å². The number of nitrogens with zero attached hydrogens (tertiary/aromatic N) is 2. The molecule has 116 valence electrons. The molecule has 4 heteroatoms. The summed E-state index contributed by atoms with van der Waals surface area (Å²) in [6.45, 7) is 6.92. The van der Waals surface area contributed by atoms with Crippen LogP contribution in [0.15, 0.2) is 6.07 Å². The molecule has 1 aromatic rings. The summed E-state index contributed by atoms with van der Waals surface area (Å²) in [4.78, 5) is 12.0. The van der Waals surface area contributed by atoms with Crippen molar-refractivity contribution in [1.82, 2.24) is 9.78 Å². The Morgan fingerprint density at radius 2 is 2.14 bits per heavy atom. The van der Waals surface area contributed by atoms with E-state index in [-0.39, 0.29) is 5.92 Å². The molecule has 4 nitrogen and oxygen atoms in total. The number of Topliss-reactive ketones (excluding diaryl/α,β-unsaturated/α-hetero) is 1. The zero-order valence-corrected chi connectivity index (χ0v) is 13.2. The number of hydrogen-bond donors (Lipinski definition) is 0. The van der Waals surface area contributed by atoms with Crippen LogP contribution < -0.4 is 0 Å². The minimum Gasteiger partial charge on any atom is -0.381 e. The lowest BCUT2D eigenvalue weighted by Gasteiger charge is -2.11. The van der Waals surface area contributed by atoms with Gasteiger partial charge in [0.05, 0.1) is 5.69 Å². The topological polar surface area (TPSA) is 44.1 Å². The summed E-state index contributed by atoms with van der Waals surface area (Å²) >= 11 is 0. The van der Waals surface area contributed by atoms with Gasteiger partial charge in [0, 0.05) is 37.8 Å². The molecule has 1 saturated heterocycles. The third-order valence-corrected chi connectivity index (χ3v) is 5.04. The van der Waals surface area contributed by atoms with Gasteiger partial charge < -0.3 is 4.74 Å². The van der Waals surface area contributed by atoms with Crippen molar-refractivity contribution in [3.05, 3.63) is 17.5 Å². The van der Waals surface area contributed by atoms with Gasteiger partial charge in [0.25, 0.3) is 0 Å². The molecule has 0 N–H and O–H groups in total. The van der Waals surface area contributed by atoms with Gasteiger partial charge in [-0.1, -0.05) is 13.8 Å². The first-order chi connectivity index (χ1) is 10.1. The minimum absolute atomic E-state index is 0.166. The number of hydrogen-bond acceptors (Lipinski definition) is 3. The van der Waals surface area contributed by atoms with Gasteiger partial charge in [0.15, 0.2) is 0 Å². The molecule has 0 aromatic carbocycles. The van der Waals surface area contributed by atoms with E-state index in [1.54, 1.807) is 0 Å². The second-order valence-corrected chi connectivity index (χ2v) is 6.81. The predicted octanol–water partition coefficient (Wildman–Crippen LogP) is 2.95. The Bertz CT molecular complexity index is 503. The zero-order chi connectivity index (χ0) is 14.8. The van der Waals surface area contributed by atoms with Gasteiger partial charge >= 0.3 is 0 Å². The van der Waals surface area contributed by atoms with E-state index in [0.29, 0.717) is 24.0 Å². The summed E-state index contributed by atoms with van der Waals surface area (Å²) in [6, 6.07) is 2.27. The molecule has 1 aromatic heterocycles. The number of aryl methyl sites for hydroxylation is 1. The van der Waals surface area contributed by atoms with Gasteiger partial charge in [-0.2, -0.15) is 5.10 Å². The molecule has 21 heavy (non-hydrogen) atoms. The van der Waals surface area contributed by atoms with Crippen LogP contribution in [0.4, 0.5) is 0 Å². The summed E-state index contributed by atoms with van der Waals surface area (Å²) in [5, 5.41) is 4.82. The van der Waals surface area contributed by atoms with Crippen LogP contribution in [-0.4, -0.2) is 28.8 Å². The lowest BCUT2D eigenvalue weighted by atomic mass is 9.94. The predicted molar refractivity (Wildman–Crippen MR) is 81.3 cm³/mol. The Morgan fingerprint density at radius 1 is 1.29 bits per heavy atom. The van der Waals surface area contributed by atoms with Gasteiger partial charge in [0.2, 0.25) is 0 Å². The van der Waals surface area contributed by atoms with Gasteiger partial charge in [-0.05, 0) is 43.6 Å². The highest BCUT2D eigenvalue weighted by molar-refractivity contribution is 5.80. The number of aromatic nitrogens is 2. The van der Waals surface area contributed by atoms with Crippen molar-refractivity contribution in [2.24, 2.45) is 11.8 Å². The van der Waals surface area contributed by atoms with Crippen molar-refractivity contribution in [2.75, 3.05) is 13.2 Å². The van der Waals surface area contributed by atoms with Crippen LogP contribution in [0.2, 0.25) is 0 Å². The van der Waals surface area contributed by atoms with E-state index in [4.69, 9.17) is 9.84 Å². The molecule has 3 atom stereocenters. The van der Waals surface area contributed by atoms with Crippen molar-refractivity contribution < 1.29 is 9.53 Å². The molecule has 2 aliphatic rings. The first-order valence-corrected chi connectivity index (χ1v) is 8.30. The second kappa shape index (κ2) is 6.30. The maximum Gasteiger partial charge on any atom is 0.135 e. The first-order valence-electron chi connectivity index (χ1n) is 8.30. The highest BCUT2D eigenvalue weighted by atomic mass is 16.5. The molecule has 3 rings (SSSR count). The summed E-state index contributed by atoms with van der Waals surface area (Å²) in [7, 11) is 0. The van der Waals surface area contributed by atoms with E-state index >= 15 is 0 Å². The van der Waals surface area contributed by atoms with E-state index < -0.39 is 0 Å². The minimum atomic E-state index is 0.166. The molecule has 0 radical (unpaired) electrons. The van der Waals surface area contributed by atoms with E-state index in [9.17, 15) is 4.79 Å². The van der Waals surface area contributed by atoms with Crippen LogP contribution in [0.1, 0.15) is 56.8 Å². The Morgan fingerprint density at radius 3 is 2.90 bits per heavy atom. The highest BCUT2D eigenvalue weighted by Crippen LogP contribution is 2.27.